The van der Waals surface area contributed by atoms with E-state index in [4.69, 9.17) is 5.73 Å². The number of hydrogen-bond acceptors (Lipinski definition) is 4. The molecule has 1 aromatic rings. The Bertz CT molecular complexity index is 351. The monoisotopic (exact) mass is 220 g/mol. The smallest absolute Gasteiger partial charge is 0.130 e. The zero-order valence-corrected chi connectivity index (χ0v) is 10.1. The zero-order chi connectivity index (χ0) is 11.5. The Kier molecular flexibility index (Phi) is 3.51. The van der Waals surface area contributed by atoms with E-state index in [-0.39, 0.29) is 6.04 Å². The average molecular weight is 220 g/mol. The van der Waals surface area contributed by atoms with Crippen LogP contribution in [0.25, 0.3) is 0 Å². The van der Waals surface area contributed by atoms with Crippen LogP contribution in [0, 0.1) is 0 Å². The summed E-state index contributed by atoms with van der Waals surface area (Å²) in [5, 5.41) is 0. The van der Waals surface area contributed by atoms with Crippen LogP contribution in [0.3, 0.4) is 0 Å². The van der Waals surface area contributed by atoms with Crippen LogP contribution in [-0.2, 0) is 6.42 Å². The first kappa shape index (κ1) is 11.5. The van der Waals surface area contributed by atoms with Crippen LogP contribution in [0.5, 0.6) is 0 Å². The molecule has 2 atom stereocenters. The molecule has 2 heterocycles. The summed E-state index contributed by atoms with van der Waals surface area (Å²) in [5.74, 6) is 1.45. The lowest BCUT2D eigenvalue weighted by molar-refractivity contribution is 0.410. The highest BCUT2D eigenvalue weighted by Crippen LogP contribution is 2.24. The molecule has 0 radical (unpaired) electrons. The third kappa shape index (κ3) is 2.77. The highest BCUT2D eigenvalue weighted by Gasteiger charge is 2.22. The van der Waals surface area contributed by atoms with Crippen molar-refractivity contribution in [1.29, 1.82) is 0 Å². The van der Waals surface area contributed by atoms with E-state index in [0.717, 1.165) is 25.3 Å². The molecule has 1 aliphatic rings. The fraction of sp³-hybridized carbons (Fsp3) is 0.667. The zero-order valence-electron chi connectivity index (χ0n) is 10.1. The van der Waals surface area contributed by atoms with E-state index in [2.05, 4.69) is 21.9 Å². The summed E-state index contributed by atoms with van der Waals surface area (Å²) < 4.78 is 0. The molecule has 16 heavy (non-hydrogen) atoms. The van der Waals surface area contributed by atoms with Crippen LogP contribution >= 0.6 is 0 Å². The average Bonchev–Trinajstić information content (AvgIpc) is 2.64. The van der Waals surface area contributed by atoms with Gasteiger partial charge in [-0.25, -0.2) is 9.97 Å². The largest absolute Gasteiger partial charge is 0.328 e. The first-order chi connectivity index (χ1) is 7.65. The van der Waals surface area contributed by atoms with Crippen LogP contribution in [0.15, 0.2) is 12.3 Å². The third-order valence-corrected chi connectivity index (χ3v) is 3.04. The van der Waals surface area contributed by atoms with Gasteiger partial charge in [-0.15, -0.1) is 0 Å². The maximum atomic E-state index is 5.76. The van der Waals surface area contributed by atoms with Gasteiger partial charge in [0.25, 0.3) is 0 Å². The summed E-state index contributed by atoms with van der Waals surface area (Å²) in [5.41, 5.74) is 6.94. The molecular weight excluding hydrogens is 200 g/mol. The van der Waals surface area contributed by atoms with Gasteiger partial charge in [-0.3, -0.25) is 0 Å². The van der Waals surface area contributed by atoms with Crippen molar-refractivity contribution in [2.75, 3.05) is 20.1 Å². The Morgan fingerprint density at radius 2 is 2.44 bits per heavy atom. The van der Waals surface area contributed by atoms with Crippen molar-refractivity contribution < 1.29 is 0 Å². The topological polar surface area (TPSA) is 55.0 Å². The van der Waals surface area contributed by atoms with E-state index in [9.17, 15) is 0 Å². The summed E-state index contributed by atoms with van der Waals surface area (Å²) in [7, 11) is 2.16. The Balaban J connectivity index is 2.09. The van der Waals surface area contributed by atoms with Crippen molar-refractivity contribution in [1.82, 2.24) is 14.9 Å². The van der Waals surface area contributed by atoms with Gasteiger partial charge in [-0.1, -0.05) is 0 Å². The molecule has 0 spiro atoms. The minimum absolute atomic E-state index is 0.126. The third-order valence-electron chi connectivity index (χ3n) is 3.04. The van der Waals surface area contributed by atoms with Gasteiger partial charge in [0.05, 0.1) is 0 Å². The number of likely N-dealkylation sites (tertiary alicyclic amines) is 1. The summed E-state index contributed by atoms with van der Waals surface area (Å²) in [6, 6.07) is 2.16. The lowest BCUT2D eigenvalue weighted by atomic mass is 10.0. The molecule has 1 aliphatic heterocycles. The Morgan fingerprint density at radius 3 is 3.06 bits per heavy atom. The Hall–Kier alpha value is -1.00. The van der Waals surface area contributed by atoms with E-state index in [1.54, 1.807) is 0 Å². The molecule has 4 heteroatoms. The van der Waals surface area contributed by atoms with Gasteiger partial charge in [0.2, 0.25) is 0 Å². The van der Waals surface area contributed by atoms with Crippen molar-refractivity contribution in [3.05, 3.63) is 23.8 Å². The van der Waals surface area contributed by atoms with E-state index >= 15 is 0 Å². The molecule has 88 valence electrons. The van der Waals surface area contributed by atoms with Crippen LogP contribution < -0.4 is 5.73 Å². The van der Waals surface area contributed by atoms with Gasteiger partial charge >= 0.3 is 0 Å². The van der Waals surface area contributed by atoms with Crippen LogP contribution in [0.1, 0.15) is 30.8 Å². The fourth-order valence-electron chi connectivity index (χ4n) is 2.20. The molecule has 1 saturated heterocycles. The second-order valence-corrected chi connectivity index (χ2v) is 4.83. The summed E-state index contributed by atoms with van der Waals surface area (Å²) in [6.45, 7) is 4.26. The molecule has 2 N–H and O–H groups in total. The van der Waals surface area contributed by atoms with Crippen molar-refractivity contribution in [3.8, 4) is 0 Å². The van der Waals surface area contributed by atoms with Crippen molar-refractivity contribution in [2.45, 2.75) is 31.7 Å². The lowest BCUT2D eigenvalue weighted by Crippen LogP contribution is -2.20. The number of nitrogens with two attached hydrogens (primary N) is 1. The molecular formula is C12H20N4. The minimum atomic E-state index is 0.126. The number of likely N-dealkylation sites (N-methyl/N-ethyl adjacent to an activating group) is 1. The summed E-state index contributed by atoms with van der Waals surface area (Å²) in [6.07, 6.45) is 3.82. The van der Waals surface area contributed by atoms with Crippen molar-refractivity contribution in [3.63, 3.8) is 0 Å². The van der Waals surface area contributed by atoms with E-state index < -0.39 is 0 Å². The van der Waals surface area contributed by atoms with Crippen LogP contribution in [-0.4, -0.2) is 41.0 Å². The normalized spacial score (nSPS) is 23.6. The van der Waals surface area contributed by atoms with Gasteiger partial charge in [0.15, 0.2) is 0 Å². The second kappa shape index (κ2) is 4.89. The summed E-state index contributed by atoms with van der Waals surface area (Å²) in [4.78, 5) is 11.2. The van der Waals surface area contributed by atoms with Crippen LogP contribution in [0.4, 0.5) is 0 Å². The Labute approximate surface area is 96.9 Å². The second-order valence-electron chi connectivity index (χ2n) is 4.83. The number of hydrogen-bond donors (Lipinski definition) is 1. The molecule has 0 aromatic carbocycles. The molecule has 2 rings (SSSR count). The lowest BCUT2D eigenvalue weighted by Gasteiger charge is -2.11. The number of nitrogens with zero attached hydrogens (tertiary/aromatic N) is 3. The minimum Gasteiger partial charge on any atom is -0.328 e. The first-order valence-corrected chi connectivity index (χ1v) is 5.91. The first-order valence-electron chi connectivity index (χ1n) is 5.91. The molecule has 1 fully saturated rings. The molecule has 0 bridgehead atoms. The van der Waals surface area contributed by atoms with Gasteiger partial charge in [-0.2, -0.15) is 0 Å². The molecule has 0 saturated carbocycles. The van der Waals surface area contributed by atoms with Gasteiger partial charge in [0.1, 0.15) is 5.82 Å². The summed E-state index contributed by atoms with van der Waals surface area (Å²) >= 11 is 0. The van der Waals surface area contributed by atoms with Crippen molar-refractivity contribution >= 4 is 0 Å². The molecule has 0 aliphatic carbocycles. The molecule has 1 aromatic heterocycles. The quantitative estimate of drug-likeness (QED) is 0.818. The molecule has 0 amide bonds. The van der Waals surface area contributed by atoms with Crippen LogP contribution in [0.2, 0.25) is 0 Å². The van der Waals surface area contributed by atoms with Gasteiger partial charge in [-0.05, 0) is 33.0 Å². The highest BCUT2D eigenvalue weighted by molar-refractivity contribution is 5.11. The standard InChI is InChI=1S/C12H20N4/c1-9(13)7-12-14-5-3-11(15-12)10-4-6-16(2)8-10/h3,5,9-10H,4,6-8,13H2,1-2H3. The maximum absolute atomic E-state index is 5.76. The number of aromatic nitrogens is 2. The SMILES string of the molecule is CC(N)Cc1nccc(C2CCN(C)C2)n1. The van der Waals surface area contributed by atoms with Gasteiger partial charge < -0.3 is 10.6 Å². The maximum Gasteiger partial charge on any atom is 0.130 e. The Morgan fingerprint density at radius 1 is 1.62 bits per heavy atom. The van der Waals surface area contributed by atoms with E-state index in [1.165, 1.54) is 12.1 Å². The molecule has 2 unspecified atom stereocenters. The number of rotatable bonds is 3. The fourth-order valence-corrected chi connectivity index (χ4v) is 2.20. The predicted molar refractivity (Wildman–Crippen MR) is 64.2 cm³/mol. The van der Waals surface area contributed by atoms with E-state index in [1.807, 2.05) is 19.2 Å². The highest BCUT2D eigenvalue weighted by atomic mass is 15.1. The molecule has 4 nitrogen and oxygen atoms in total. The van der Waals surface area contributed by atoms with Gasteiger partial charge in [0, 0.05) is 36.8 Å². The van der Waals surface area contributed by atoms with E-state index in [0.29, 0.717) is 5.92 Å². The predicted octanol–water partition coefficient (Wildman–Crippen LogP) is 0.785. The van der Waals surface area contributed by atoms with Crippen molar-refractivity contribution in [2.24, 2.45) is 5.73 Å².